The third kappa shape index (κ3) is 3.05. The number of carboxylic acids is 1. The number of hydrogen-bond donors (Lipinski definition) is 2. The topological polar surface area (TPSA) is 79.3 Å². The molecule has 1 aromatic carbocycles. The van der Waals surface area contributed by atoms with E-state index in [0.717, 1.165) is 28.7 Å². The van der Waals surface area contributed by atoms with Crippen LogP contribution in [0.3, 0.4) is 0 Å². The highest BCUT2D eigenvalue weighted by Gasteiger charge is 2.31. The van der Waals surface area contributed by atoms with Crippen molar-refractivity contribution in [2.45, 2.75) is 25.7 Å². The van der Waals surface area contributed by atoms with E-state index in [4.69, 9.17) is 5.11 Å². The van der Waals surface area contributed by atoms with Crippen LogP contribution < -0.4 is 5.32 Å². The van der Waals surface area contributed by atoms with Crippen molar-refractivity contribution in [3.05, 3.63) is 23.7 Å². The van der Waals surface area contributed by atoms with Crippen LogP contribution in [-0.4, -0.2) is 22.0 Å². The average molecular weight is 304 g/mol. The number of hydrogen-bond acceptors (Lipinski definition) is 4. The van der Waals surface area contributed by atoms with Gasteiger partial charge in [-0.25, -0.2) is 4.98 Å². The number of nitrogens with one attached hydrogen (secondary N) is 1. The Morgan fingerprint density at radius 2 is 2.10 bits per heavy atom. The SMILES string of the molecule is O=C(O)C1CCCC(C(=O)Nc2ccc3ncsc3c2)C1. The van der Waals surface area contributed by atoms with Crippen molar-refractivity contribution in [3.8, 4) is 0 Å². The molecule has 0 spiro atoms. The zero-order chi connectivity index (χ0) is 14.8. The minimum atomic E-state index is -0.793. The number of rotatable bonds is 3. The maximum absolute atomic E-state index is 12.3. The molecule has 3 rings (SSSR count). The number of amides is 1. The van der Waals surface area contributed by atoms with Crippen molar-refractivity contribution in [1.82, 2.24) is 4.98 Å². The lowest BCUT2D eigenvalue weighted by Crippen LogP contribution is -2.30. The van der Waals surface area contributed by atoms with Crippen LogP contribution in [0.2, 0.25) is 0 Å². The number of carbonyl (C=O) groups is 2. The van der Waals surface area contributed by atoms with Gasteiger partial charge in [0.1, 0.15) is 0 Å². The Balaban J connectivity index is 1.69. The number of nitrogens with zero attached hydrogens (tertiary/aromatic N) is 1. The van der Waals surface area contributed by atoms with E-state index in [2.05, 4.69) is 10.3 Å². The lowest BCUT2D eigenvalue weighted by Gasteiger charge is -2.25. The molecule has 1 amide bonds. The summed E-state index contributed by atoms with van der Waals surface area (Å²) in [5, 5.41) is 12.0. The number of fused-ring (bicyclic) bond motifs is 1. The standard InChI is InChI=1S/C15H16N2O3S/c18-14(9-2-1-3-10(6-9)15(19)20)17-11-4-5-12-13(7-11)21-8-16-12/h4-5,7-10H,1-3,6H2,(H,17,18)(H,19,20). The van der Waals surface area contributed by atoms with Crippen molar-refractivity contribution in [3.63, 3.8) is 0 Å². The van der Waals surface area contributed by atoms with Crippen LogP contribution in [0.4, 0.5) is 5.69 Å². The molecule has 2 atom stereocenters. The number of carboxylic acid groups (broad SMARTS) is 1. The third-order valence-corrected chi connectivity index (χ3v) is 4.78. The normalized spacial score (nSPS) is 22.1. The quantitative estimate of drug-likeness (QED) is 0.913. The molecule has 0 aliphatic heterocycles. The fourth-order valence-electron chi connectivity index (χ4n) is 2.83. The van der Waals surface area contributed by atoms with Crippen molar-refractivity contribution in [1.29, 1.82) is 0 Å². The van der Waals surface area contributed by atoms with E-state index in [1.807, 2.05) is 18.2 Å². The first-order valence-corrected chi connectivity index (χ1v) is 7.88. The fraction of sp³-hybridized carbons (Fsp3) is 0.400. The second-order valence-corrected chi connectivity index (χ2v) is 6.31. The van der Waals surface area contributed by atoms with E-state index in [-0.39, 0.29) is 11.8 Å². The molecule has 6 heteroatoms. The lowest BCUT2D eigenvalue weighted by molar-refractivity contribution is -0.143. The summed E-state index contributed by atoms with van der Waals surface area (Å²) in [7, 11) is 0. The number of anilines is 1. The summed E-state index contributed by atoms with van der Waals surface area (Å²) in [6.07, 6.45) is 2.66. The van der Waals surface area contributed by atoms with Crippen LogP contribution in [0.15, 0.2) is 23.7 Å². The molecular weight excluding hydrogens is 288 g/mol. The largest absolute Gasteiger partial charge is 0.481 e. The molecule has 1 aromatic heterocycles. The van der Waals surface area contributed by atoms with Gasteiger partial charge in [-0.1, -0.05) is 6.42 Å². The van der Waals surface area contributed by atoms with Gasteiger partial charge < -0.3 is 10.4 Å². The molecule has 1 heterocycles. The van der Waals surface area contributed by atoms with Crippen molar-refractivity contribution < 1.29 is 14.7 Å². The van der Waals surface area contributed by atoms with E-state index in [1.54, 1.807) is 5.51 Å². The van der Waals surface area contributed by atoms with Crippen LogP contribution in [0.25, 0.3) is 10.2 Å². The monoisotopic (exact) mass is 304 g/mol. The van der Waals surface area contributed by atoms with Crippen LogP contribution in [0.1, 0.15) is 25.7 Å². The van der Waals surface area contributed by atoms with Gasteiger partial charge in [0, 0.05) is 11.6 Å². The van der Waals surface area contributed by atoms with E-state index in [9.17, 15) is 9.59 Å². The first-order chi connectivity index (χ1) is 10.1. The number of aliphatic carboxylic acids is 1. The number of thiazole rings is 1. The maximum atomic E-state index is 12.3. The minimum absolute atomic E-state index is 0.0789. The summed E-state index contributed by atoms with van der Waals surface area (Å²) in [6.45, 7) is 0. The van der Waals surface area contributed by atoms with Gasteiger partial charge in [0.2, 0.25) is 5.91 Å². The van der Waals surface area contributed by atoms with Gasteiger partial charge in [-0.3, -0.25) is 9.59 Å². The maximum Gasteiger partial charge on any atom is 0.306 e. The van der Waals surface area contributed by atoms with Crippen LogP contribution >= 0.6 is 11.3 Å². The van der Waals surface area contributed by atoms with Gasteiger partial charge in [-0.2, -0.15) is 0 Å². The Morgan fingerprint density at radius 1 is 1.29 bits per heavy atom. The minimum Gasteiger partial charge on any atom is -0.481 e. The summed E-state index contributed by atoms with van der Waals surface area (Å²) < 4.78 is 1.03. The van der Waals surface area contributed by atoms with Crippen LogP contribution in [0.5, 0.6) is 0 Å². The van der Waals surface area contributed by atoms with Gasteiger partial charge in [-0.05, 0) is 37.5 Å². The second kappa shape index (κ2) is 5.81. The first-order valence-electron chi connectivity index (χ1n) is 7.00. The van der Waals surface area contributed by atoms with E-state index in [1.165, 1.54) is 11.3 Å². The third-order valence-electron chi connectivity index (χ3n) is 3.99. The van der Waals surface area contributed by atoms with Gasteiger partial charge in [0.25, 0.3) is 0 Å². The summed E-state index contributed by atoms with van der Waals surface area (Å²) >= 11 is 1.53. The second-order valence-electron chi connectivity index (χ2n) is 5.42. The lowest BCUT2D eigenvalue weighted by atomic mass is 9.81. The molecule has 2 aromatic rings. The van der Waals surface area contributed by atoms with E-state index in [0.29, 0.717) is 12.8 Å². The zero-order valence-corrected chi connectivity index (χ0v) is 12.2. The van der Waals surface area contributed by atoms with Crippen molar-refractivity contribution >= 4 is 39.1 Å². The molecule has 1 aliphatic rings. The predicted molar refractivity (Wildman–Crippen MR) is 81.3 cm³/mol. The fourth-order valence-corrected chi connectivity index (χ4v) is 3.55. The number of benzene rings is 1. The predicted octanol–water partition coefficient (Wildman–Crippen LogP) is 3.13. The number of aromatic nitrogens is 1. The van der Waals surface area contributed by atoms with Crippen molar-refractivity contribution in [2.24, 2.45) is 11.8 Å². The molecule has 2 unspecified atom stereocenters. The Morgan fingerprint density at radius 3 is 2.90 bits per heavy atom. The molecule has 2 N–H and O–H groups in total. The summed E-state index contributed by atoms with van der Waals surface area (Å²) in [6, 6.07) is 5.61. The van der Waals surface area contributed by atoms with E-state index >= 15 is 0 Å². The molecule has 1 fully saturated rings. The van der Waals surface area contributed by atoms with Crippen molar-refractivity contribution in [2.75, 3.05) is 5.32 Å². The molecule has 21 heavy (non-hydrogen) atoms. The zero-order valence-electron chi connectivity index (χ0n) is 11.4. The Labute approximate surface area is 126 Å². The van der Waals surface area contributed by atoms with Crippen LogP contribution in [-0.2, 0) is 9.59 Å². The summed E-state index contributed by atoms with van der Waals surface area (Å²) in [5.74, 6) is -1.47. The van der Waals surface area contributed by atoms with Crippen LogP contribution in [0, 0.1) is 11.8 Å². The van der Waals surface area contributed by atoms with E-state index < -0.39 is 11.9 Å². The molecule has 110 valence electrons. The van der Waals surface area contributed by atoms with Gasteiger partial charge in [0.15, 0.2) is 0 Å². The average Bonchev–Trinajstić information content (AvgIpc) is 2.95. The van der Waals surface area contributed by atoms with Gasteiger partial charge >= 0.3 is 5.97 Å². The molecular formula is C15H16N2O3S. The summed E-state index contributed by atoms with van der Waals surface area (Å²) in [4.78, 5) is 27.6. The highest BCUT2D eigenvalue weighted by atomic mass is 32.1. The Bertz CT molecular complexity index is 682. The molecule has 0 saturated heterocycles. The smallest absolute Gasteiger partial charge is 0.306 e. The molecule has 1 saturated carbocycles. The molecule has 0 radical (unpaired) electrons. The summed E-state index contributed by atoms with van der Waals surface area (Å²) in [5.41, 5.74) is 3.44. The highest BCUT2D eigenvalue weighted by Crippen LogP contribution is 2.30. The Hall–Kier alpha value is -1.95. The number of carbonyl (C=O) groups excluding carboxylic acids is 1. The Kier molecular flexibility index (Phi) is 3.88. The van der Waals surface area contributed by atoms with Gasteiger partial charge in [0.05, 0.1) is 21.6 Å². The molecule has 1 aliphatic carbocycles. The highest BCUT2D eigenvalue weighted by molar-refractivity contribution is 7.16. The molecule has 5 nitrogen and oxygen atoms in total. The van der Waals surface area contributed by atoms with Gasteiger partial charge in [-0.15, -0.1) is 11.3 Å². The molecule has 0 bridgehead atoms. The first kappa shape index (κ1) is 14.0.